The van der Waals surface area contributed by atoms with Crippen LogP contribution in [0.15, 0.2) is 4.99 Å². The summed E-state index contributed by atoms with van der Waals surface area (Å²) in [6.07, 6.45) is 1.11. The highest BCUT2D eigenvalue weighted by Gasteiger charge is 2.49. The molecule has 0 aromatic rings. The summed E-state index contributed by atoms with van der Waals surface area (Å²) in [5.41, 5.74) is -1.77. The van der Waals surface area contributed by atoms with Gasteiger partial charge in [0.25, 0.3) is 0 Å². The van der Waals surface area contributed by atoms with Crippen molar-refractivity contribution in [2.24, 2.45) is 4.99 Å². The molecule has 0 aromatic heterocycles. The smallest absolute Gasteiger partial charge is 0.204 e. The fraction of sp³-hybridized carbons (Fsp3) is 0.875. The molecule has 0 atom stereocenters. The highest BCUT2D eigenvalue weighted by atomic mass is 33.1. The number of aliphatic imine (C=N–C) groups is 1. The van der Waals surface area contributed by atoms with Crippen molar-refractivity contribution in [2.45, 2.75) is 38.9 Å². The van der Waals surface area contributed by atoms with E-state index in [1.807, 2.05) is 0 Å². The van der Waals surface area contributed by atoms with E-state index >= 15 is 0 Å². The summed E-state index contributed by atoms with van der Waals surface area (Å²) in [6.45, 7) is 6.67. The van der Waals surface area contributed by atoms with Gasteiger partial charge in [-0.15, -0.1) is 10.3 Å². The number of hydrogen-bond donors (Lipinski definition) is 0. The molecule has 0 fully saturated rings. The molecule has 1 radical (unpaired) electrons. The average Bonchev–Trinajstić information content (AvgIpc) is 2.09. The molecule has 1 aliphatic rings. The van der Waals surface area contributed by atoms with Gasteiger partial charge in [0, 0.05) is 17.0 Å². The molecule has 1 heterocycles. The van der Waals surface area contributed by atoms with Crippen molar-refractivity contribution in [3.63, 3.8) is 0 Å². The molecule has 0 unspecified atom stereocenters. The maximum atomic E-state index is 11.8. The minimum absolute atomic E-state index is 0.352. The van der Waals surface area contributed by atoms with Crippen LogP contribution in [0.5, 0.6) is 0 Å². The van der Waals surface area contributed by atoms with E-state index in [0.29, 0.717) is 15.8 Å². The Morgan fingerprint density at radius 3 is 2.00 bits per heavy atom. The molecule has 0 N–H and O–H groups in total. The Hall–Kier alpha value is -0.110. The summed E-state index contributed by atoms with van der Waals surface area (Å²) in [6, 6.07) is 0. The van der Waals surface area contributed by atoms with Crippen LogP contribution in [0.3, 0.4) is 0 Å². The van der Waals surface area contributed by atoms with Crippen molar-refractivity contribution in [3.05, 3.63) is 0 Å². The Kier molecular flexibility index (Phi) is 2.97. The molecule has 15 heavy (non-hydrogen) atoms. The third-order valence-corrected chi connectivity index (χ3v) is 4.57. The van der Waals surface area contributed by atoms with Gasteiger partial charge < -0.3 is 0 Å². The van der Waals surface area contributed by atoms with Crippen LogP contribution in [0.2, 0.25) is 0 Å². The van der Waals surface area contributed by atoms with Gasteiger partial charge in [0.2, 0.25) is 8.87 Å². The Bertz CT molecular complexity index is 398. The first kappa shape index (κ1) is 13.0. The highest BCUT2D eigenvalue weighted by molar-refractivity contribution is 8.77. The SMILES string of the molecule is CC1(C)N=C(SS(C)(=O)=O)C(C)(C)N1[O]. The third kappa shape index (κ3) is 2.52. The van der Waals surface area contributed by atoms with Crippen molar-refractivity contribution in [1.29, 1.82) is 0 Å². The van der Waals surface area contributed by atoms with Gasteiger partial charge in [-0.2, -0.15) is 0 Å². The van der Waals surface area contributed by atoms with Crippen LogP contribution in [0.1, 0.15) is 27.7 Å². The summed E-state index contributed by atoms with van der Waals surface area (Å²) in [4.78, 5) is 4.15. The summed E-state index contributed by atoms with van der Waals surface area (Å²) >= 11 is 0. The van der Waals surface area contributed by atoms with Crippen LogP contribution in [0.4, 0.5) is 0 Å². The van der Waals surface area contributed by atoms with Crippen molar-refractivity contribution in [1.82, 2.24) is 5.06 Å². The third-order valence-electron chi connectivity index (χ3n) is 2.13. The molecular formula is C8H15N2O3S2. The van der Waals surface area contributed by atoms with E-state index in [0.717, 1.165) is 11.3 Å². The zero-order valence-corrected chi connectivity index (χ0v) is 11.1. The zero-order chi connectivity index (χ0) is 12.1. The molecule has 5 nitrogen and oxygen atoms in total. The standard InChI is InChI=1S/C8H15N2O3S2/c1-7(2)6(14-15(5,12)13)9-8(3,4)10(7)11/h1-5H3. The summed E-state index contributed by atoms with van der Waals surface area (Å²) in [5.74, 6) is 0. The number of hydrogen-bond acceptors (Lipinski definition) is 5. The van der Waals surface area contributed by atoms with Gasteiger partial charge in [-0.1, -0.05) is 0 Å². The largest absolute Gasteiger partial charge is 0.256 e. The van der Waals surface area contributed by atoms with E-state index in [-0.39, 0.29) is 0 Å². The molecule has 0 aliphatic carbocycles. The van der Waals surface area contributed by atoms with Gasteiger partial charge in [0.05, 0.1) is 5.54 Å². The Labute approximate surface area is 93.8 Å². The molecule has 87 valence electrons. The van der Waals surface area contributed by atoms with Crippen LogP contribution in [-0.4, -0.2) is 36.0 Å². The van der Waals surface area contributed by atoms with Crippen molar-refractivity contribution < 1.29 is 13.6 Å². The first-order chi connectivity index (χ1) is 6.47. The van der Waals surface area contributed by atoms with Crippen molar-refractivity contribution in [2.75, 3.05) is 6.26 Å². The predicted molar refractivity (Wildman–Crippen MR) is 60.6 cm³/mol. The minimum atomic E-state index is -3.23. The lowest BCUT2D eigenvalue weighted by atomic mass is 10.1. The van der Waals surface area contributed by atoms with E-state index in [1.165, 1.54) is 0 Å². The molecule has 1 aliphatic heterocycles. The monoisotopic (exact) mass is 251 g/mol. The van der Waals surface area contributed by atoms with Crippen LogP contribution < -0.4 is 0 Å². The Balaban J connectivity index is 3.10. The van der Waals surface area contributed by atoms with Gasteiger partial charge in [-0.25, -0.2) is 8.42 Å². The molecule has 0 aromatic carbocycles. The number of hydroxylamine groups is 2. The first-order valence-corrected chi connectivity index (χ1v) is 7.66. The first-order valence-electron chi connectivity index (χ1n) is 4.44. The van der Waals surface area contributed by atoms with Crippen molar-refractivity contribution >= 4 is 24.7 Å². The molecule has 7 heteroatoms. The molecule has 0 amide bonds. The van der Waals surface area contributed by atoms with Crippen LogP contribution in [-0.2, 0) is 14.1 Å². The number of rotatable bonds is 1. The van der Waals surface area contributed by atoms with Gasteiger partial charge in [-0.05, 0) is 27.7 Å². The second-order valence-corrected chi connectivity index (χ2v) is 8.83. The predicted octanol–water partition coefficient (Wildman–Crippen LogP) is 1.25. The maximum Gasteiger partial charge on any atom is 0.204 e. The summed E-state index contributed by atoms with van der Waals surface area (Å²) < 4.78 is 22.3. The van der Waals surface area contributed by atoms with Gasteiger partial charge in [-0.3, -0.25) is 4.99 Å². The van der Waals surface area contributed by atoms with E-state index in [4.69, 9.17) is 0 Å². The topological polar surface area (TPSA) is 69.6 Å². The lowest BCUT2D eigenvalue weighted by molar-refractivity contribution is -0.240. The quantitative estimate of drug-likeness (QED) is 0.658. The van der Waals surface area contributed by atoms with Crippen LogP contribution in [0.25, 0.3) is 0 Å². The zero-order valence-electron chi connectivity index (χ0n) is 9.44. The second kappa shape index (κ2) is 3.44. The fourth-order valence-corrected chi connectivity index (χ4v) is 3.88. The van der Waals surface area contributed by atoms with Gasteiger partial charge in [0.15, 0.2) is 0 Å². The normalized spacial score (nSPS) is 25.3. The molecule has 0 spiro atoms. The Morgan fingerprint density at radius 1 is 1.27 bits per heavy atom. The molecular weight excluding hydrogens is 236 g/mol. The average molecular weight is 251 g/mol. The fourth-order valence-electron chi connectivity index (χ4n) is 1.47. The van der Waals surface area contributed by atoms with E-state index < -0.39 is 20.1 Å². The van der Waals surface area contributed by atoms with E-state index in [9.17, 15) is 13.6 Å². The molecule has 0 saturated carbocycles. The minimum Gasteiger partial charge on any atom is -0.256 e. The molecule has 0 saturated heterocycles. The van der Waals surface area contributed by atoms with Gasteiger partial charge >= 0.3 is 0 Å². The summed E-state index contributed by atoms with van der Waals surface area (Å²) in [7, 11) is -2.57. The van der Waals surface area contributed by atoms with E-state index in [1.54, 1.807) is 27.7 Å². The van der Waals surface area contributed by atoms with Gasteiger partial charge in [0.1, 0.15) is 10.7 Å². The van der Waals surface area contributed by atoms with Crippen LogP contribution >= 0.6 is 10.8 Å². The summed E-state index contributed by atoms with van der Waals surface area (Å²) in [5, 5.41) is 13.0. The second-order valence-electron chi connectivity index (χ2n) is 4.55. The maximum absolute atomic E-state index is 11.8. The lowest BCUT2D eigenvalue weighted by Gasteiger charge is -2.30. The van der Waals surface area contributed by atoms with Crippen molar-refractivity contribution in [3.8, 4) is 0 Å². The van der Waals surface area contributed by atoms with Crippen LogP contribution in [0, 0.1) is 0 Å². The highest BCUT2D eigenvalue weighted by Crippen LogP contribution is 2.38. The number of nitrogens with zero attached hydrogens (tertiary/aromatic N) is 2. The van der Waals surface area contributed by atoms with E-state index in [2.05, 4.69) is 4.99 Å². The lowest BCUT2D eigenvalue weighted by Crippen LogP contribution is -2.48. The molecule has 1 rings (SSSR count). The Morgan fingerprint density at radius 2 is 1.73 bits per heavy atom. The molecule has 0 bridgehead atoms.